The third-order valence-corrected chi connectivity index (χ3v) is 14.2. The van der Waals surface area contributed by atoms with Crippen molar-refractivity contribution in [2.75, 3.05) is 0 Å². The molecule has 7 aromatic carbocycles. The average Bonchev–Trinajstić information content (AvgIpc) is 4.04. The van der Waals surface area contributed by atoms with Crippen LogP contribution in [-0.2, 0) is 11.2 Å². The molecule has 290 valence electrons. The van der Waals surface area contributed by atoms with Crippen LogP contribution >= 0.6 is 0 Å². The standard InChI is InChI=1S/C57H39NO3/c1-2-12-37-33(11-1)21-25-38(40-14-4-3-13-39(37)40)34-22-26-53-47(29-34)56-54(60-53)32-46-45-31-36(58-48-18-8-5-15-41(48)42-16-6-9-19-49(42)58)24-28-52(45)61-57(46)55(56)35-23-27-51-44(30-35)43-17-7-10-20-50(43)59-51/h1-20,22-24,26-32,38,45-46,52,57H,21,25H2. The molecule has 0 bridgehead atoms. The predicted molar refractivity (Wildman–Crippen MR) is 247 cm³/mol. The third kappa shape index (κ3) is 4.85. The molecular formula is C57H39NO3. The zero-order valence-corrected chi connectivity index (χ0v) is 33.3. The molecule has 61 heavy (non-hydrogen) atoms. The van der Waals surface area contributed by atoms with E-state index in [1.165, 1.54) is 60.9 Å². The number of hydrogen-bond donors (Lipinski definition) is 0. The van der Waals surface area contributed by atoms with Crippen LogP contribution in [0.15, 0.2) is 185 Å². The molecule has 5 unspecified atom stereocenters. The minimum absolute atomic E-state index is 0.0598. The van der Waals surface area contributed by atoms with Crippen LogP contribution in [0.25, 0.3) is 83.2 Å². The van der Waals surface area contributed by atoms with Gasteiger partial charge in [-0.25, -0.2) is 0 Å². The van der Waals surface area contributed by atoms with Crippen molar-refractivity contribution in [2.45, 2.75) is 31.0 Å². The molecule has 10 aromatic rings. The van der Waals surface area contributed by atoms with Gasteiger partial charge in [0, 0.05) is 61.2 Å². The summed E-state index contributed by atoms with van der Waals surface area (Å²) in [5, 5.41) is 7.05. The fourth-order valence-electron chi connectivity index (χ4n) is 11.5. The van der Waals surface area contributed by atoms with Gasteiger partial charge in [0.05, 0.1) is 23.2 Å². The number of hydrogen-bond acceptors (Lipinski definition) is 3. The van der Waals surface area contributed by atoms with Gasteiger partial charge in [0.25, 0.3) is 0 Å². The number of para-hydroxylation sites is 3. The molecule has 0 N–H and O–H groups in total. The molecule has 14 rings (SSSR count). The van der Waals surface area contributed by atoms with Crippen LogP contribution in [0.4, 0.5) is 0 Å². The summed E-state index contributed by atoms with van der Waals surface area (Å²) in [5.74, 6) is 0.417. The van der Waals surface area contributed by atoms with E-state index in [1.807, 2.05) is 6.07 Å². The number of fused-ring (bicyclic) bond motifs is 15. The van der Waals surface area contributed by atoms with Gasteiger partial charge in [-0.15, -0.1) is 0 Å². The van der Waals surface area contributed by atoms with Crippen LogP contribution in [-0.4, -0.2) is 16.8 Å². The smallest absolute Gasteiger partial charge is 0.135 e. The summed E-state index contributed by atoms with van der Waals surface area (Å²) in [6, 6.07) is 57.4. The normalized spacial score (nSPS) is 21.5. The Bertz CT molecular complexity index is 3630. The molecular weight excluding hydrogens is 747 g/mol. The lowest BCUT2D eigenvalue weighted by molar-refractivity contribution is 0.0946. The van der Waals surface area contributed by atoms with Crippen LogP contribution < -0.4 is 10.6 Å². The summed E-state index contributed by atoms with van der Waals surface area (Å²) in [7, 11) is 0. The summed E-state index contributed by atoms with van der Waals surface area (Å²) >= 11 is 0. The van der Waals surface area contributed by atoms with Gasteiger partial charge >= 0.3 is 0 Å². The van der Waals surface area contributed by atoms with Gasteiger partial charge < -0.3 is 18.1 Å². The Morgan fingerprint density at radius 3 is 2.11 bits per heavy atom. The fraction of sp³-hybridized carbons (Fsp3) is 0.123. The molecule has 4 aliphatic rings. The molecule has 0 radical (unpaired) electrons. The van der Waals surface area contributed by atoms with Crippen LogP contribution in [0, 0.1) is 11.8 Å². The molecule has 0 spiro atoms. The van der Waals surface area contributed by atoms with Crippen molar-refractivity contribution in [1.29, 1.82) is 0 Å². The Balaban J connectivity index is 0.976. The maximum atomic E-state index is 7.30. The first-order chi connectivity index (χ1) is 30.2. The van der Waals surface area contributed by atoms with Crippen molar-refractivity contribution in [1.82, 2.24) is 4.57 Å². The van der Waals surface area contributed by atoms with Gasteiger partial charge in [0.15, 0.2) is 0 Å². The van der Waals surface area contributed by atoms with Gasteiger partial charge in [-0.3, -0.25) is 0 Å². The Kier molecular flexibility index (Phi) is 7.00. The summed E-state index contributed by atoms with van der Waals surface area (Å²) < 4.78 is 23.1. The molecule has 0 amide bonds. The molecule has 1 fully saturated rings. The molecule has 0 saturated carbocycles. The van der Waals surface area contributed by atoms with Gasteiger partial charge in [-0.05, 0) is 101 Å². The highest BCUT2D eigenvalue weighted by atomic mass is 16.5. The molecule has 1 aliphatic heterocycles. The topological polar surface area (TPSA) is 40.4 Å². The molecule has 5 atom stereocenters. The first kappa shape index (κ1) is 33.7. The van der Waals surface area contributed by atoms with E-state index in [2.05, 4.69) is 181 Å². The third-order valence-electron chi connectivity index (χ3n) is 14.2. The van der Waals surface area contributed by atoms with Crippen molar-refractivity contribution >= 4 is 72.1 Å². The quantitative estimate of drug-likeness (QED) is 0.179. The van der Waals surface area contributed by atoms with Crippen LogP contribution in [0.5, 0.6) is 0 Å². The first-order valence-corrected chi connectivity index (χ1v) is 21.6. The molecule has 4 nitrogen and oxygen atoms in total. The van der Waals surface area contributed by atoms with Gasteiger partial charge in [-0.2, -0.15) is 0 Å². The second-order valence-electron chi connectivity index (χ2n) is 17.3. The number of nitrogens with zero attached hydrogens (tertiary/aromatic N) is 1. The van der Waals surface area contributed by atoms with E-state index in [4.69, 9.17) is 13.6 Å². The minimum Gasteiger partial charge on any atom is -0.456 e. The number of rotatable bonds is 3. The lowest BCUT2D eigenvalue weighted by Gasteiger charge is -2.25. The second-order valence-corrected chi connectivity index (χ2v) is 17.3. The van der Waals surface area contributed by atoms with Gasteiger partial charge in [0.1, 0.15) is 22.2 Å². The van der Waals surface area contributed by atoms with Crippen LogP contribution in [0.1, 0.15) is 34.6 Å². The van der Waals surface area contributed by atoms with Crippen molar-refractivity contribution in [3.05, 3.63) is 209 Å². The average molecular weight is 786 g/mol. The number of allylic oxidation sites excluding steroid dienone is 2. The monoisotopic (exact) mass is 785 g/mol. The van der Waals surface area contributed by atoms with E-state index in [0.717, 1.165) is 61.9 Å². The highest BCUT2D eigenvalue weighted by molar-refractivity contribution is 6.10. The maximum absolute atomic E-state index is 7.30. The summed E-state index contributed by atoms with van der Waals surface area (Å²) in [6.45, 7) is 0. The van der Waals surface area contributed by atoms with Crippen molar-refractivity contribution in [2.24, 2.45) is 11.8 Å². The second kappa shape index (κ2) is 12.7. The number of furan rings is 2. The SMILES string of the molecule is C1=CC2OC3C(c4ccc5oc6ccccc6c5c4)=c4c(oc5ccc(C6CCc7ccccc7-c7ccccc76)cc45)=CC3C2C=C1n1c2ccccc2c2ccccc21. The van der Waals surface area contributed by atoms with E-state index in [9.17, 15) is 0 Å². The Morgan fingerprint density at radius 1 is 0.541 bits per heavy atom. The number of aryl methyl sites for hydroxylation is 1. The summed E-state index contributed by atoms with van der Waals surface area (Å²) in [6.07, 6.45) is 11.2. The Labute approximate surface area is 351 Å². The molecule has 4 heteroatoms. The fourth-order valence-corrected chi connectivity index (χ4v) is 11.5. The van der Waals surface area contributed by atoms with Crippen molar-refractivity contribution < 1.29 is 13.6 Å². The lowest BCUT2D eigenvalue weighted by Crippen LogP contribution is -2.37. The molecule has 4 heterocycles. The summed E-state index contributed by atoms with van der Waals surface area (Å²) in [5.41, 5.74) is 16.4. The van der Waals surface area contributed by atoms with E-state index in [0.29, 0.717) is 0 Å². The zero-order chi connectivity index (χ0) is 39.8. The molecule has 3 aromatic heterocycles. The minimum atomic E-state index is -0.186. The Morgan fingerprint density at radius 2 is 1.25 bits per heavy atom. The van der Waals surface area contributed by atoms with Crippen molar-refractivity contribution in [3.63, 3.8) is 0 Å². The van der Waals surface area contributed by atoms with Crippen molar-refractivity contribution in [3.8, 4) is 11.1 Å². The van der Waals surface area contributed by atoms with E-state index in [1.54, 1.807) is 0 Å². The zero-order valence-electron chi connectivity index (χ0n) is 33.3. The summed E-state index contributed by atoms with van der Waals surface area (Å²) in [4.78, 5) is 0. The van der Waals surface area contributed by atoms with Gasteiger partial charge in [0.2, 0.25) is 0 Å². The van der Waals surface area contributed by atoms with Crippen LogP contribution in [0.2, 0.25) is 0 Å². The molecule has 1 saturated heterocycles. The van der Waals surface area contributed by atoms with Crippen LogP contribution in [0.3, 0.4) is 0 Å². The maximum Gasteiger partial charge on any atom is 0.135 e. The largest absolute Gasteiger partial charge is 0.456 e. The highest BCUT2D eigenvalue weighted by Gasteiger charge is 2.46. The predicted octanol–water partition coefficient (Wildman–Crippen LogP) is 12.3. The number of benzene rings is 7. The van der Waals surface area contributed by atoms with E-state index >= 15 is 0 Å². The van der Waals surface area contributed by atoms with Gasteiger partial charge in [-0.1, -0.05) is 127 Å². The Hall–Kier alpha value is -7.14. The first-order valence-electron chi connectivity index (χ1n) is 21.6. The lowest BCUT2D eigenvalue weighted by atomic mass is 9.77. The van der Waals surface area contributed by atoms with E-state index in [-0.39, 0.29) is 30.0 Å². The number of aromatic nitrogens is 1. The van der Waals surface area contributed by atoms with E-state index < -0.39 is 0 Å². The number of ether oxygens (including phenoxy) is 1. The molecule has 3 aliphatic carbocycles. The highest BCUT2D eigenvalue weighted by Crippen LogP contribution is 2.47.